The van der Waals surface area contributed by atoms with Crippen LogP contribution >= 0.6 is 0 Å². The summed E-state index contributed by atoms with van der Waals surface area (Å²) in [5.74, 6) is -1.01. The van der Waals surface area contributed by atoms with E-state index in [0.717, 1.165) is 50.0 Å². The van der Waals surface area contributed by atoms with Gasteiger partial charge in [0.25, 0.3) is 0 Å². The van der Waals surface area contributed by atoms with Gasteiger partial charge in [-0.15, -0.1) is 0 Å². The highest BCUT2D eigenvalue weighted by atomic mass is 19.2. The molecule has 1 aliphatic carbocycles. The third-order valence-electron chi connectivity index (χ3n) is 6.15. The van der Waals surface area contributed by atoms with Crippen molar-refractivity contribution in [3.05, 3.63) is 59.4 Å². The number of hydrogen-bond donors (Lipinski definition) is 0. The van der Waals surface area contributed by atoms with Gasteiger partial charge in [-0.3, -0.25) is 4.90 Å². The number of hydrogen-bond acceptors (Lipinski definition) is 3. The van der Waals surface area contributed by atoms with Gasteiger partial charge < -0.3 is 9.47 Å². The van der Waals surface area contributed by atoms with E-state index in [1.807, 2.05) is 6.07 Å². The van der Waals surface area contributed by atoms with Crippen molar-refractivity contribution in [2.45, 2.75) is 25.8 Å². The third-order valence-corrected chi connectivity index (χ3v) is 6.15. The average molecular weight is 391 g/mol. The summed E-state index contributed by atoms with van der Waals surface area (Å²) in [4.78, 5) is 2.33. The van der Waals surface area contributed by atoms with Crippen molar-refractivity contribution in [1.29, 1.82) is 0 Å². The van der Waals surface area contributed by atoms with Crippen LogP contribution in [0.1, 0.15) is 24.8 Å². The van der Waals surface area contributed by atoms with E-state index >= 15 is 0 Å². The highest BCUT2D eigenvalue weighted by molar-refractivity contribution is 5.29. The number of nitrogens with zero attached hydrogens (tertiary/aromatic N) is 1. The predicted molar refractivity (Wildman–Crippen MR) is 99.9 cm³/mol. The highest BCUT2D eigenvalue weighted by Gasteiger charge is 2.49. The molecule has 2 aromatic rings. The van der Waals surface area contributed by atoms with Crippen LogP contribution in [-0.4, -0.2) is 31.7 Å². The summed E-state index contributed by atoms with van der Waals surface area (Å²) < 4.78 is 51.4. The van der Waals surface area contributed by atoms with Gasteiger partial charge in [0.2, 0.25) is 0 Å². The van der Waals surface area contributed by atoms with Gasteiger partial charge in [-0.25, -0.2) is 13.2 Å². The molecule has 0 radical (unpaired) electrons. The first kappa shape index (κ1) is 19.1. The van der Waals surface area contributed by atoms with Gasteiger partial charge in [0.15, 0.2) is 23.2 Å². The minimum atomic E-state index is -0.896. The molecule has 1 saturated carbocycles. The zero-order valence-electron chi connectivity index (χ0n) is 15.9. The molecule has 0 amide bonds. The fourth-order valence-electron chi connectivity index (χ4n) is 4.74. The van der Waals surface area contributed by atoms with Crippen LogP contribution in [0.25, 0.3) is 0 Å². The zero-order chi connectivity index (χ0) is 19.7. The highest BCUT2D eigenvalue weighted by Crippen LogP contribution is 2.49. The maximum atomic E-state index is 14.0. The van der Waals surface area contributed by atoms with Crippen LogP contribution in [-0.2, 0) is 6.54 Å². The third kappa shape index (κ3) is 3.70. The summed E-state index contributed by atoms with van der Waals surface area (Å²) in [6.45, 7) is 2.95. The molecular weight excluding hydrogens is 367 g/mol. The van der Waals surface area contributed by atoms with Crippen LogP contribution in [0.5, 0.6) is 11.5 Å². The number of likely N-dealkylation sites (tertiary alicyclic amines) is 1. The number of fused-ring (bicyclic) bond motifs is 1. The van der Waals surface area contributed by atoms with E-state index in [-0.39, 0.29) is 17.0 Å². The maximum absolute atomic E-state index is 14.0. The van der Waals surface area contributed by atoms with Crippen LogP contribution in [0.4, 0.5) is 13.2 Å². The first-order valence-electron chi connectivity index (χ1n) is 9.62. The second-order valence-corrected chi connectivity index (χ2v) is 7.95. The molecule has 150 valence electrons. The topological polar surface area (TPSA) is 21.7 Å². The van der Waals surface area contributed by atoms with Gasteiger partial charge in [-0.05, 0) is 48.6 Å². The van der Waals surface area contributed by atoms with Gasteiger partial charge in [0.05, 0.1) is 13.7 Å². The molecule has 0 N–H and O–H groups in total. The molecule has 0 bridgehead atoms. The Morgan fingerprint density at radius 1 is 1.07 bits per heavy atom. The monoisotopic (exact) mass is 391 g/mol. The van der Waals surface area contributed by atoms with Gasteiger partial charge in [0, 0.05) is 31.1 Å². The molecule has 1 aliphatic heterocycles. The lowest BCUT2D eigenvalue weighted by Gasteiger charge is -2.29. The molecule has 4 rings (SSSR count). The molecular formula is C22H24F3NO2. The number of benzene rings is 2. The minimum absolute atomic E-state index is 0.00980. The Bertz CT molecular complexity index is 860. The van der Waals surface area contributed by atoms with Gasteiger partial charge in [0.1, 0.15) is 5.75 Å². The second-order valence-electron chi connectivity index (χ2n) is 7.95. The summed E-state index contributed by atoms with van der Waals surface area (Å²) in [5, 5.41) is 0. The largest absolute Gasteiger partial charge is 0.494 e. The lowest BCUT2D eigenvalue weighted by atomic mass is 9.81. The fourth-order valence-corrected chi connectivity index (χ4v) is 4.74. The number of rotatable bonds is 6. The van der Waals surface area contributed by atoms with E-state index in [1.165, 1.54) is 19.2 Å². The molecule has 2 aromatic carbocycles. The van der Waals surface area contributed by atoms with Crippen molar-refractivity contribution in [2.24, 2.45) is 11.3 Å². The molecule has 3 nitrogen and oxygen atoms in total. The number of halogens is 3. The van der Waals surface area contributed by atoms with E-state index in [1.54, 1.807) is 6.07 Å². The fraction of sp³-hybridized carbons (Fsp3) is 0.455. The lowest BCUT2D eigenvalue weighted by molar-refractivity contribution is 0.127. The average Bonchev–Trinajstić information content (AvgIpc) is 3.20. The molecule has 0 aromatic heterocycles. The maximum Gasteiger partial charge on any atom is 0.165 e. The van der Waals surface area contributed by atoms with Crippen molar-refractivity contribution in [3.63, 3.8) is 0 Å². The van der Waals surface area contributed by atoms with Crippen molar-refractivity contribution in [1.82, 2.24) is 4.90 Å². The standard InChI is InChI=1S/C22H24F3NO2/c1-27-21-7-4-15(9-20(21)25)11-26-12-16-3-2-8-22(16,13-26)14-28-17-5-6-18(23)19(24)10-17/h4-7,9-10,16H,2-3,8,11-14H2,1H3. The number of ether oxygens (including phenoxy) is 2. The Morgan fingerprint density at radius 3 is 2.68 bits per heavy atom. The van der Waals surface area contributed by atoms with Crippen molar-refractivity contribution in [3.8, 4) is 11.5 Å². The Morgan fingerprint density at radius 2 is 1.93 bits per heavy atom. The molecule has 2 fully saturated rings. The van der Waals surface area contributed by atoms with Crippen LogP contribution in [0, 0.1) is 28.8 Å². The Hall–Kier alpha value is -2.21. The normalized spacial score (nSPS) is 24.4. The molecule has 0 spiro atoms. The minimum Gasteiger partial charge on any atom is -0.494 e. The first-order valence-corrected chi connectivity index (χ1v) is 9.62. The van der Waals surface area contributed by atoms with Crippen LogP contribution < -0.4 is 9.47 Å². The Kier molecular flexibility index (Phi) is 5.23. The van der Waals surface area contributed by atoms with E-state index in [0.29, 0.717) is 24.8 Å². The molecule has 2 unspecified atom stereocenters. The molecule has 1 heterocycles. The Labute approximate surface area is 163 Å². The van der Waals surface area contributed by atoms with Crippen molar-refractivity contribution >= 4 is 0 Å². The van der Waals surface area contributed by atoms with Crippen LogP contribution in [0.3, 0.4) is 0 Å². The lowest BCUT2D eigenvalue weighted by Crippen LogP contribution is -2.33. The number of methoxy groups -OCH3 is 1. The molecule has 2 aliphatic rings. The van der Waals surface area contributed by atoms with Crippen LogP contribution in [0.15, 0.2) is 36.4 Å². The smallest absolute Gasteiger partial charge is 0.165 e. The van der Waals surface area contributed by atoms with Gasteiger partial charge in [-0.1, -0.05) is 12.5 Å². The molecule has 2 atom stereocenters. The van der Waals surface area contributed by atoms with E-state index in [4.69, 9.17) is 9.47 Å². The summed E-state index contributed by atoms with van der Waals surface area (Å²) in [5.41, 5.74) is 0.922. The van der Waals surface area contributed by atoms with E-state index in [9.17, 15) is 13.2 Å². The summed E-state index contributed by atoms with van der Waals surface area (Å²) in [7, 11) is 1.45. The Balaban J connectivity index is 1.42. The van der Waals surface area contributed by atoms with Crippen molar-refractivity contribution in [2.75, 3.05) is 26.8 Å². The van der Waals surface area contributed by atoms with E-state index in [2.05, 4.69) is 4.90 Å². The zero-order valence-corrected chi connectivity index (χ0v) is 15.9. The van der Waals surface area contributed by atoms with Gasteiger partial charge in [-0.2, -0.15) is 0 Å². The summed E-state index contributed by atoms with van der Waals surface area (Å²) in [6, 6.07) is 8.73. The summed E-state index contributed by atoms with van der Waals surface area (Å²) >= 11 is 0. The quantitative estimate of drug-likeness (QED) is 0.707. The van der Waals surface area contributed by atoms with Crippen molar-refractivity contribution < 1.29 is 22.6 Å². The summed E-state index contributed by atoms with van der Waals surface area (Å²) in [6.07, 6.45) is 3.33. The SMILES string of the molecule is COc1ccc(CN2CC3CCCC3(COc3ccc(F)c(F)c3)C2)cc1F. The second kappa shape index (κ2) is 7.66. The molecule has 1 saturated heterocycles. The molecule has 28 heavy (non-hydrogen) atoms. The first-order chi connectivity index (χ1) is 13.5. The predicted octanol–water partition coefficient (Wildman–Crippen LogP) is 4.79. The van der Waals surface area contributed by atoms with E-state index < -0.39 is 11.6 Å². The van der Waals surface area contributed by atoms with Gasteiger partial charge >= 0.3 is 0 Å². The van der Waals surface area contributed by atoms with Crippen LogP contribution in [0.2, 0.25) is 0 Å². The molecule has 6 heteroatoms.